The average molecular weight is 310 g/mol. The Bertz CT molecular complexity index is 691. The Hall–Kier alpha value is -1.95. The van der Waals surface area contributed by atoms with E-state index in [0.29, 0.717) is 5.82 Å². The zero-order valence-corrected chi connectivity index (χ0v) is 12.0. The van der Waals surface area contributed by atoms with E-state index < -0.39 is 0 Å². The van der Waals surface area contributed by atoms with Crippen LogP contribution in [0.1, 0.15) is 0 Å². The van der Waals surface area contributed by atoms with E-state index in [-0.39, 0.29) is 24.8 Å². The van der Waals surface area contributed by atoms with E-state index in [1.165, 1.54) is 0 Å². The van der Waals surface area contributed by atoms with Crippen LogP contribution < -0.4 is 11.3 Å². The van der Waals surface area contributed by atoms with Gasteiger partial charge in [-0.2, -0.15) is 0 Å². The number of nitrogens with two attached hydrogens (primary N) is 1. The lowest BCUT2D eigenvalue weighted by atomic mass is 10.1. The van der Waals surface area contributed by atoms with Gasteiger partial charge in [0.25, 0.3) is 0 Å². The number of benzene rings is 1. The third kappa shape index (κ3) is 2.80. The number of hydrazine groups is 1. The maximum atomic E-state index is 5.42. The smallest absolute Gasteiger partial charge is 0.172 e. The molecule has 5 nitrogen and oxygen atoms in total. The SMILES string of the molecule is Cl.Cl.NNc1nnc(-c2ccccc2)c2ncccc12. The Morgan fingerprint density at radius 1 is 0.900 bits per heavy atom. The summed E-state index contributed by atoms with van der Waals surface area (Å²) in [6, 6.07) is 13.6. The largest absolute Gasteiger partial charge is 0.306 e. The van der Waals surface area contributed by atoms with Crippen molar-refractivity contribution in [1.82, 2.24) is 15.2 Å². The van der Waals surface area contributed by atoms with Crippen molar-refractivity contribution in [2.24, 2.45) is 5.84 Å². The third-order valence-electron chi connectivity index (χ3n) is 2.72. The molecule has 2 heterocycles. The normalized spacial score (nSPS) is 9.45. The molecule has 104 valence electrons. The maximum Gasteiger partial charge on any atom is 0.172 e. The van der Waals surface area contributed by atoms with E-state index in [1.807, 2.05) is 42.5 Å². The van der Waals surface area contributed by atoms with Gasteiger partial charge in [0.15, 0.2) is 5.82 Å². The monoisotopic (exact) mass is 309 g/mol. The van der Waals surface area contributed by atoms with Crippen LogP contribution in [-0.4, -0.2) is 15.2 Å². The summed E-state index contributed by atoms with van der Waals surface area (Å²) in [5.74, 6) is 5.95. The quantitative estimate of drug-likeness (QED) is 0.562. The van der Waals surface area contributed by atoms with Gasteiger partial charge in [0.05, 0.1) is 0 Å². The molecular weight excluding hydrogens is 297 g/mol. The van der Waals surface area contributed by atoms with Crippen molar-refractivity contribution in [1.29, 1.82) is 0 Å². The van der Waals surface area contributed by atoms with Crippen molar-refractivity contribution in [3.8, 4) is 11.3 Å². The number of nitrogen functional groups attached to an aromatic ring is 1. The molecule has 1 aromatic carbocycles. The lowest BCUT2D eigenvalue weighted by Gasteiger charge is -2.07. The number of hydrogen-bond acceptors (Lipinski definition) is 5. The highest BCUT2D eigenvalue weighted by Gasteiger charge is 2.10. The third-order valence-corrected chi connectivity index (χ3v) is 2.72. The van der Waals surface area contributed by atoms with Crippen LogP contribution in [0.2, 0.25) is 0 Å². The minimum absolute atomic E-state index is 0. The van der Waals surface area contributed by atoms with Crippen LogP contribution in [0, 0.1) is 0 Å². The van der Waals surface area contributed by atoms with Gasteiger partial charge >= 0.3 is 0 Å². The summed E-state index contributed by atoms with van der Waals surface area (Å²) in [5, 5.41) is 9.12. The minimum atomic E-state index is 0. The first-order chi connectivity index (χ1) is 8.90. The number of nitrogens with zero attached hydrogens (tertiary/aromatic N) is 3. The molecule has 0 aliphatic carbocycles. The first-order valence-corrected chi connectivity index (χ1v) is 5.53. The van der Waals surface area contributed by atoms with Crippen LogP contribution in [0.3, 0.4) is 0 Å². The van der Waals surface area contributed by atoms with Crippen LogP contribution in [-0.2, 0) is 0 Å². The number of anilines is 1. The standard InChI is InChI=1S/C13H11N5.2ClH/c14-16-13-10-7-4-8-15-12(10)11(17-18-13)9-5-2-1-3-6-9;;/h1-8H,14H2,(H,16,18);2*1H. The summed E-state index contributed by atoms with van der Waals surface area (Å²) in [7, 11) is 0. The molecule has 0 radical (unpaired) electrons. The molecule has 0 unspecified atom stereocenters. The summed E-state index contributed by atoms with van der Waals surface area (Å²) < 4.78 is 0. The van der Waals surface area contributed by atoms with Gasteiger partial charge in [-0.25, -0.2) is 5.84 Å². The topological polar surface area (TPSA) is 76.7 Å². The molecule has 0 amide bonds. The fraction of sp³-hybridized carbons (Fsp3) is 0. The van der Waals surface area contributed by atoms with Gasteiger partial charge in [-0.3, -0.25) is 4.98 Å². The molecule has 0 aliphatic rings. The van der Waals surface area contributed by atoms with Gasteiger partial charge in [0.1, 0.15) is 11.2 Å². The van der Waals surface area contributed by atoms with Crippen LogP contribution in [0.5, 0.6) is 0 Å². The van der Waals surface area contributed by atoms with Crippen molar-refractivity contribution in [2.75, 3.05) is 5.43 Å². The second-order valence-electron chi connectivity index (χ2n) is 3.81. The van der Waals surface area contributed by atoms with Crippen molar-refractivity contribution in [3.05, 3.63) is 48.7 Å². The predicted molar refractivity (Wildman–Crippen MR) is 85.1 cm³/mol. The summed E-state index contributed by atoms with van der Waals surface area (Å²) in [6.07, 6.45) is 1.73. The molecule has 20 heavy (non-hydrogen) atoms. The maximum absolute atomic E-state index is 5.42. The highest BCUT2D eigenvalue weighted by molar-refractivity contribution is 5.96. The highest BCUT2D eigenvalue weighted by atomic mass is 35.5. The van der Waals surface area contributed by atoms with Gasteiger partial charge in [-0.05, 0) is 12.1 Å². The molecule has 0 fully saturated rings. The Labute approximate surface area is 128 Å². The average Bonchev–Trinajstić information content (AvgIpc) is 2.47. The van der Waals surface area contributed by atoms with Crippen molar-refractivity contribution in [3.63, 3.8) is 0 Å². The molecule has 3 rings (SSSR count). The first-order valence-electron chi connectivity index (χ1n) is 5.53. The summed E-state index contributed by atoms with van der Waals surface area (Å²) in [4.78, 5) is 4.37. The molecule has 0 saturated carbocycles. The van der Waals surface area contributed by atoms with Gasteiger partial charge in [-0.15, -0.1) is 35.0 Å². The number of pyridine rings is 1. The number of halogens is 2. The molecule has 3 N–H and O–H groups in total. The Morgan fingerprint density at radius 2 is 1.65 bits per heavy atom. The van der Waals surface area contributed by atoms with Crippen LogP contribution in [0.15, 0.2) is 48.7 Å². The molecule has 0 aliphatic heterocycles. The lowest BCUT2D eigenvalue weighted by molar-refractivity contribution is 1.04. The van der Waals surface area contributed by atoms with Crippen molar-refractivity contribution >= 4 is 41.5 Å². The second kappa shape index (κ2) is 7.00. The van der Waals surface area contributed by atoms with Gasteiger partial charge < -0.3 is 5.43 Å². The van der Waals surface area contributed by atoms with E-state index in [4.69, 9.17) is 5.84 Å². The highest BCUT2D eigenvalue weighted by Crippen LogP contribution is 2.27. The summed E-state index contributed by atoms with van der Waals surface area (Å²) in [5.41, 5.74) is 5.06. The van der Waals surface area contributed by atoms with Crippen LogP contribution in [0.25, 0.3) is 22.2 Å². The lowest BCUT2D eigenvalue weighted by Crippen LogP contribution is -2.10. The first kappa shape index (κ1) is 16.1. The Kier molecular flexibility index (Phi) is 5.64. The summed E-state index contributed by atoms with van der Waals surface area (Å²) in [6.45, 7) is 0. The fourth-order valence-corrected chi connectivity index (χ4v) is 1.88. The molecule has 0 atom stereocenters. The zero-order chi connectivity index (χ0) is 12.4. The van der Waals surface area contributed by atoms with E-state index in [2.05, 4.69) is 20.6 Å². The van der Waals surface area contributed by atoms with Crippen LogP contribution in [0.4, 0.5) is 5.82 Å². The number of hydrogen-bond donors (Lipinski definition) is 2. The van der Waals surface area contributed by atoms with Gasteiger partial charge in [0.2, 0.25) is 0 Å². The zero-order valence-electron chi connectivity index (χ0n) is 10.4. The molecule has 7 heteroatoms. The van der Waals surface area contributed by atoms with E-state index >= 15 is 0 Å². The van der Waals surface area contributed by atoms with Crippen LogP contribution >= 0.6 is 24.8 Å². The molecule has 0 spiro atoms. The molecule has 0 saturated heterocycles. The molecule has 0 bridgehead atoms. The number of aromatic nitrogens is 3. The number of rotatable bonds is 2. The van der Waals surface area contributed by atoms with Crippen molar-refractivity contribution in [2.45, 2.75) is 0 Å². The van der Waals surface area contributed by atoms with Gasteiger partial charge in [0, 0.05) is 17.1 Å². The predicted octanol–water partition coefficient (Wildman–Crippen LogP) is 2.82. The van der Waals surface area contributed by atoms with E-state index in [9.17, 15) is 0 Å². The molecule has 2 aromatic heterocycles. The van der Waals surface area contributed by atoms with Crippen molar-refractivity contribution < 1.29 is 0 Å². The fourth-order valence-electron chi connectivity index (χ4n) is 1.88. The minimum Gasteiger partial charge on any atom is -0.306 e. The van der Waals surface area contributed by atoms with E-state index in [0.717, 1.165) is 22.2 Å². The number of nitrogens with one attached hydrogen (secondary N) is 1. The van der Waals surface area contributed by atoms with Gasteiger partial charge in [-0.1, -0.05) is 30.3 Å². The van der Waals surface area contributed by atoms with E-state index in [1.54, 1.807) is 6.20 Å². The molecular formula is C13H13Cl2N5. The second-order valence-corrected chi connectivity index (χ2v) is 3.81. The Morgan fingerprint density at radius 3 is 2.35 bits per heavy atom. The summed E-state index contributed by atoms with van der Waals surface area (Å²) >= 11 is 0. The Balaban J connectivity index is 0.000001000. The molecule has 3 aromatic rings. The number of fused-ring (bicyclic) bond motifs is 1.